The summed E-state index contributed by atoms with van der Waals surface area (Å²) in [7, 11) is 0. The van der Waals surface area contributed by atoms with Crippen LogP contribution < -0.4 is 11.1 Å². The molecule has 0 aromatic heterocycles. The number of rotatable bonds is 4. The van der Waals surface area contributed by atoms with Crippen molar-refractivity contribution < 1.29 is 19.1 Å². The van der Waals surface area contributed by atoms with E-state index < -0.39 is 5.41 Å². The van der Waals surface area contributed by atoms with Crippen molar-refractivity contribution >= 4 is 29.9 Å². The lowest BCUT2D eigenvalue weighted by Crippen LogP contribution is -2.46. The van der Waals surface area contributed by atoms with Gasteiger partial charge in [0.25, 0.3) is 5.91 Å². The van der Waals surface area contributed by atoms with Crippen molar-refractivity contribution in [3.05, 3.63) is 29.8 Å². The first-order valence-corrected chi connectivity index (χ1v) is 8.71. The number of nitrogens with two attached hydrogens (primary N) is 1. The van der Waals surface area contributed by atoms with Crippen LogP contribution in [0.3, 0.4) is 0 Å². The van der Waals surface area contributed by atoms with Gasteiger partial charge in [-0.05, 0) is 37.1 Å². The zero-order valence-electron chi connectivity index (χ0n) is 14.7. The highest BCUT2D eigenvalue weighted by atomic mass is 35.5. The molecule has 2 amide bonds. The molecule has 8 heteroatoms. The minimum Gasteiger partial charge on any atom is -0.381 e. The maximum Gasteiger partial charge on any atom is 0.254 e. The maximum absolute atomic E-state index is 12.7. The Kier molecular flexibility index (Phi) is 7.40. The predicted octanol–water partition coefficient (Wildman–Crippen LogP) is 1.27. The zero-order chi connectivity index (χ0) is 17.7. The lowest BCUT2D eigenvalue weighted by Gasteiger charge is -2.34. The molecule has 7 nitrogen and oxygen atoms in total. The third-order valence-corrected chi connectivity index (χ3v) is 5.01. The Balaban J connectivity index is 0.00000243. The van der Waals surface area contributed by atoms with Crippen molar-refractivity contribution in [1.29, 1.82) is 0 Å². The highest BCUT2D eigenvalue weighted by Crippen LogP contribution is 2.31. The van der Waals surface area contributed by atoms with E-state index >= 15 is 0 Å². The number of nitrogens with one attached hydrogen (secondary N) is 1. The topological polar surface area (TPSA) is 93.9 Å². The van der Waals surface area contributed by atoms with Gasteiger partial charge in [0.2, 0.25) is 5.91 Å². The fourth-order valence-electron chi connectivity index (χ4n) is 3.19. The van der Waals surface area contributed by atoms with Gasteiger partial charge in [0.1, 0.15) is 0 Å². The number of hydrogen-bond acceptors (Lipinski definition) is 5. The molecule has 2 saturated heterocycles. The summed E-state index contributed by atoms with van der Waals surface area (Å²) in [6.45, 7) is 3.78. The molecular weight excluding hydrogens is 358 g/mol. The van der Waals surface area contributed by atoms with E-state index in [2.05, 4.69) is 5.32 Å². The van der Waals surface area contributed by atoms with Crippen LogP contribution in [0.5, 0.6) is 0 Å². The fourth-order valence-corrected chi connectivity index (χ4v) is 3.19. The minimum absolute atomic E-state index is 0. The third kappa shape index (κ3) is 4.54. The molecule has 2 fully saturated rings. The highest BCUT2D eigenvalue weighted by Gasteiger charge is 2.38. The maximum atomic E-state index is 12.7. The SMILES string of the molecule is Cl.NCC1(C(=O)Nc2ccc(C(=O)N3CCOCC3)cc2)CCOCC1. The summed E-state index contributed by atoms with van der Waals surface area (Å²) in [6.07, 6.45) is 1.26. The molecule has 0 spiro atoms. The summed E-state index contributed by atoms with van der Waals surface area (Å²) < 4.78 is 10.6. The Bertz CT molecular complexity index is 611. The number of carbonyl (C=O) groups is 2. The van der Waals surface area contributed by atoms with Crippen molar-refractivity contribution in [2.75, 3.05) is 51.4 Å². The molecular formula is C18H26ClN3O4. The van der Waals surface area contributed by atoms with Crippen molar-refractivity contribution in [2.45, 2.75) is 12.8 Å². The van der Waals surface area contributed by atoms with E-state index in [9.17, 15) is 9.59 Å². The summed E-state index contributed by atoms with van der Waals surface area (Å²) in [4.78, 5) is 26.9. The smallest absolute Gasteiger partial charge is 0.254 e. The van der Waals surface area contributed by atoms with Gasteiger partial charge in [0, 0.05) is 44.1 Å². The summed E-state index contributed by atoms with van der Waals surface area (Å²) in [5.41, 5.74) is 6.57. The van der Waals surface area contributed by atoms with Crippen LogP contribution in [0.4, 0.5) is 5.69 Å². The van der Waals surface area contributed by atoms with Gasteiger partial charge in [-0.1, -0.05) is 0 Å². The van der Waals surface area contributed by atoms with Crippen molar-refractivity contribution in [3.63, 3.8) is 0 Å². The van der Waals surface area contributed by atoms with Crippen LogP contribution in [-0.2, 0) is 14.3 Å². The molecule has 2 aliphatic heterocycles. The van der Waals surface area contributed by atoms with Gasteiger partial charge in [0.05, 0.1) is 18.6 Å². The number of anilines is 1. The second kappa shape index (κ2) is 9.32. The quantitative estimate of drug-likeness (QED) is 0.816. The Morgan fingerprint density at radius 1 is 1.04 bits per heavy atom. The number of morpholine rings is 1. The van der Waals surface area contributed by atoms with Crippen molar-refractivity contribution in [1.82, 2.24) is 4.90 Å². The molecule has 0 bridgehead atoms. The van der Waals surface area contributed by atoms with Gasteiger partial charge < -0.3 is 25.4 Å². The largest absolute Gasteiger partial charge is 0.381 e. The number of halogens is 1. The fraction of sp³-hybridized carbons (Fsp3) is 0.556. The molecule has 0 saturated carbocycles. The van der Waals surface area contributed by atoms with Gasteiger partial charge in [-0.2, -0.15) is 0 Å². The number of amides is 2. The van der Waals surface area contributed by atoms with E-state index in [1.165, 1.54) is 0 Å². The van der Waals surface area contributed by atoms with E-state index in [1.807, 2.05) is 0 Å². The summed E-state index contributed by atoms with van der Waals surface area (Å²) in [6, 6.07) is 7.00. The molecule has 26 heavy (non-hydrogen) atoms. The second-order valence-corrected chi connectivity index (χ2v) is 6.53. The number of nitrogens with zero attached hydrogens (tertiary/aromatic N) is 1. The van der Waals surface area contributed by atoms with Crippen molar-refractivity contribution in [2.24, 2.45) is 11.1 Å². The Morgan fingerprint density at radius 2 is 1.62 bits per heavy atom. The third-order valence-electron chi connectivity index (χ3n) is 5.01. The predicted molar refractivity (Wildman–Crippen MR) is 101 cm³/mol. The average molecular weight is 384 g/mol. The average Bonchev–Trinajstić information content (AvgIpc) is 2.69. The summed E-state index contributed by atoms with van der Waals surface area (Å²) >= 11 is 0. The lowest BCUT2D eigenvalue weighted by molar-refractivity contribution is -0.130. The van der Waals surface area contributed by atoms with E-state index in [0.717, 1.165) is 0 Å². The van der Waals surface area contributed by atoms with Crippen LogP contribution in [0.15, 0.2) is 24.3 Å². The van der Waals surface area contributed by atoms with Crippen LogP contribution in [0, 0.1) is 5.41 Å². The molecule has 0 aliphatic carbocycles. The Labute approximate surface area is 159 Å². The molecule has 3 N–H and O–H groups in total. The first-order chi connectivity index (χ1) is 12.1. The summed E-state index contributed by atoms with van der Waals surface area (Å²) in [5, 5.41) is 2.93. The number of ether oxygens (including phenoxy) is 2. The van der Waals surface area contributed by atoms with E-state index in [4.69, 9.17) is 15.2 Å². The zero-order valence-corrected chi connectivity index (χ0v) is 15.6. The van der Waals surface area contributed by atoms with Crippen LogP contribution in [0.1, 0.15) is 23.2 Å². The molecule has 1 aromatic carbocycles. The van der Waals surface area contributed by atoms with Crippen LogP contribution in [0.2, 0.25) is 0 Å². The molecule has 144 valence electrons. The molecule has 1 aromatic rings. The number of hydrogen-bond donors (Lipinski definition) is 2. The van der Waals surface area contributed by atoms with Crippen LogP contribution >= 0.6 is 12.4 Å². The van der Waals surface area contributed by atoms with Gasteiger partial charge >= 0.3 is 0 Å². The van der Waals surface area contributed by atoms with E-state index in [-0.39, 0.29) is 24.2 Å². The summed E-state index contributed by atoms with van der Waals surface area (Å²) in [5.74, 6) is -0.0883. The number of benzene rings is 1. The molecule has 2 aliphatic rings. The molecule has 0 unspecified atom stereocenters. The second-order valence-electron chi connectivity index (χ2n) is 6.53. The molecule has 0 atom stereocenters. The van der Waals surface area contributed by atoms with Crippen LogP contribution in [0.25, 0.3) is 0 Å². The van der Waals surface area contributed by atoms with Gasteiger partial charge in [-0.25, -0.2) is 0 Å². The van der Waals surface area contributed by atoms with E-state index in [1.54, 1.807) is 29.2 Å². The van der Waals surface area contributed by atoms with Crippen molar-refractivity contribution in [3.8, 4) is 0 Å². The minimum atomic E-state index is -0.569. The first kappa shape index (κ1) is 20.6. The lowest BCUT2D eigenvalue weighted by atomic mass is 9.79. The Morgan fingerprint density at radius 3 is 2.19 bits per heavy atom. The molecule has 3 rings (SSSR count). The normalized spacial score (nSPS) is 19.3. The van der Waals surface area contributed by atoms with Gasteiger partial charge in [0.15, 0.2) is 0 Å². The van der Waals surface area contributed by atoms with Crippen LogP contribution in [-0.4, -0.2) is 62.8 Å². The number of carbonyl (C=O) groups excluding carboxylic acids is 2. The standard InChI is InChI=1S/C18H25N3O4.ClH/c19-13-18(5-9-24-10-6-18)17(23)20-15-3-1-14(2-4-15)16(22)21-7-11-25-12-8-21;/h1-4H,5-13,19H2,(H,20,23);1H. The Hall–Kier alpha value is -1.67. The molecule has 2 heterocycles. The monoisotopic (exact) mass is 383 g/mol. The van der Waals surface area contributed by atoms with Gasteiger partial charge in [-0.15, -0.1) is 12.4 Å². The first-order valence-electron chi connectivity index (χ1n) is 8.71. The van der Waals surface area contributed by atoms with Gasteiger partial charge in [-0.3, -0.25) is 9.59 Å². The molecule has 0 radical (unpaired) electrons. The van der Waals surface area contributed by atoms with E-state index in [0.29, 0.717) is 70.2 Å². The highest BCUT2D eigenvalue weighted by molar-refractivity contribution is 5.97.